The third kappa shape index (κ3) is 8.66. The molecule has 208 valence electrons. The van der Waals surface area contributed by atoms with Crippen molar-refractivity contribution < 1.29 is 18.8 Å². The number of carbonyl (C=O) groups is 3. The molecule has 1 fully saturated rings. The first-order valence-corrected chi connectivity index (χ1v) is 14.3. The largest absolute Gasteiger partial charge is 0.415 e. The van der Waals surface area contributed by atoms with Crippen LogP contribution in [-0.2, 0) is 16.1 Å². The van der Waals surface area contributed by atoms with Crippen molar-refractivity contribution in [3.05, 3.63) is 41.3 Å². The summed E-state index contributed by atoms with van der Waals surface area (Å²) in [4.78, 5) is 41.7. The fourth-order valence-corrected chi connectivity index (χ4v) is 5.37. The van der Waals surface area contributed by atoms with Crippen molar-refractivity contribution in [3.8, 4) is 0 Å². The molecule has 3 rings (SSSR count). The number of hydrogen-bond acceptors (Lipinski definition) is 8. The molecular formula is C28H41N5O4S. The Morgan fingerprint density at radius 3 is 2.53 bits per heavy atom. The summed E-state index contributed by atoms with van der Waals surface area (Å²) >= 11 is 1.43. The van der Waals surface area contributed by atoms with Crippen LogP contribution in [0.1, 0.15) is 87.5 Å². The summed E-state index contributed by atoms with van der Waals surface area (Å²) in [7, 11) is 3.96. The standard InChI is InChI=1S/C28H41N5O4S/c1-17(2)14-22(27-31-32-28(37-27)38-18(3)4)26(36)30-25(35)21-12-7-8-13-23(21)29-24(34)20-11-9-10-19(15-20)16-33(5)6/h9-11,15,17-18,21-23H,7-8,12-14,16H2,1-6H3,(H,29,34)(H,30,35,36)/t21-,22?,23+/m1/s1. The fraction of sp³-hybridized carbons (Fsp3) is 0.607. The Morgan fingerprint density at radius 1 is 1.11 bits per heavy atom. The number of benzene rings is 1. The molecule has 1 aliphatic rings. The van der Waals surface area contributed by atoms with E-state index in [-0.39, 0.29) is 34.9 Å². The van der Waals surface area contributed by atoms with Crippen molar-refractivity contribution in [1.29, 1.82) is 0 Å². The third-order valence-electron chi connectivity index (χ3n) is 6.43. The zero-order valence-corrected chi connectivity index (χ0v) is 24.1. The number of nitrogens with one attached hydrogen (secondary N) is 2. The summed E-state index contributed by atoms with van der Waals surface area (Å²) < 4.78 is 5.77. The minimum absolute atomic E-state index is 0.180. The highest BCUT2D eigenvalue weighted by Gasteiger charge is 2.35. The number of amides is 3. The van der Waals surface area contributed by atoms with Crippen LogP contribution in [0.25, 0.3) is 0 Å². The predicted molar refractivity (Wildman–Crippen MR) is 148 cm³/mol. The van der Waals surface area contributed by atoms with Gasteiger partial charge in [0.25, 0.3) is 11.1 Å². The van der Waals surface area contributed by atoms with Crippen LogP contribution in [0, 0.1) is 11.8 Å². The maximum Gasteiger partial charge on any atom is 0.276 e. The van der Waals surface area contributed by atoms with Crippen LogP contribution in [0.15, 0.2) is 33.9 Å². The van der Waals surface area contributed by atoms with Gasteiger partial charge in [-0.1, -0.05) is 64.4 Å². The van der Waals surface area contributed by atoms with Gasteiger partial charge in [-0.25, -0.2) is 0 Å². The Labute approximate surface area is 229 Å². The molecule has 10 heteroatoms. The number of aromatic nitrogens is 2. The lowest BCUT2D eigenvalue weighted by molar-refractivity contribution is -0.135. The van der Waals surface area contributed by atoms with Gasteiger partial charge >= 0.3 is 0 Å². The van der Waals surface area contributed by atoms with Gasteiger partial charge < -0.3 is 14.6 Å². The molecule has 1 heterocycles. The van der Waals surface area contributed by atoms with Crippen LogP contribution in [0.2, 0.25) is 0 Å². The molecule has 9 nitrogen and oxygen atoms in total. The normalized spacial score (nSPS) is 18.6. The number of nitrogens with zero attached hydrogens (tertiary/aromatic N) is 3. The lowest BCUT2D eigenvalue weighted by Gasteiger charge is -2.31. The monoisotopic (exact) mass is 543 g/mol. The fourth-order valence-electron chi connectivity index (χ4n) is 4.75. The Bertz CT molecular complexity index is 1100. The molecule has 0 bridgehead atoms. The van der Waals surface area contributed by atoms with Gasteiger partial charge in [-0.2, -0.15) is 0 Å². The van der Waals surface area contributed by atoms with Crippen molar-refractivity contribution in [2.45, 2.75) is 88.8 Å². The third-order valence-corrected chi connectivity index (χ3v) is 7.27. The number of thioether (sulfide) groups is 1. The van der Waals surface area contributed by atoms with Crippen molar-refractivity contribution in [2.75, 3.05) is 14.1 Å². The zero-order valence-electron chi connectivity index (χ0n) is 23.3. The number of rotatable bonds is 11. The summed E-state index contributed by atoms with van der Waals surface area (Å²) in [5.41, 5.74) is 1.60. The molecule has 1 aromatic heterocycles. The minimum Gasteiger partial charge on any atom is -0.415 e. The van der Waals surface area contributed by atoms with Crippen molar-refractivity contribution in [2.24, 2.45) is 11.8 Å². The zero-order chi connectivity index (χ0) is 27.8. The second-order valence-electron chi connectivity index (χ2n) is 11.0. The Balaban J connectivity index is 1.69. The smallest absolute Gasteiger partial charge is 0.276 e. The van der Waals surface area contributed by atoms with Crippen molar-refractivity contribution >= 4 is 29.5 Å². The van der Waals surface area contributed by atoms with Gasteiger partial charge in [0.2, 0.25) is 17.7 Å². The van der Waals surface area contributed by atoms with Crippen LogP contribution >= 0.6 is 11.8 Å². The molecule has 3 atom stereocenters. The molecule has 0 radical (unpaired) electrons. The highest BCUT2D eigenvalue weighted by molar-refractivity contribution is 7.99. The molecule has 1 aromatic carbocycles. The van der Waals surface area contributed by atoms with E-state index in [4.69, 9.17) is 4.42 Å². The van der Waals surface area contributed by atoms with E-state index in [1.165, 1.54) is 11.8 Å². The molecule has 0 spiro atoms. The summed E-state index contributed by atoms with van der Waals surface area (Å²) in [6.07, 6.45) is 3.55. The maximum atomic E-state index is 13.3. The predicted octanol–water partition coefficient (Wildman–Crippen LogP) is 4.39. The van der Waals surface area contributed by atoms with Gasteiger partial charge in [0.1, 0.15) is 5.92 Å². The van der Waals surface area contributed by atoms with Gasteiger partial charge in [-0.15, -0.1) is 10.2 Å². The highest BCUT2D eigenvalue weighted by atomic mass is 32.2. The van der Waals surface area contributed by atoms with Gasteiger partial charge in [0.05, 0.1) is 5.92 Å². The maximum absolute atomic E-state index is 13.3. The number of imide groups is 1. The van der Waals surface area contributed by atoms with E-state index in [0.29, 0.717) is 30.0 Å². The van der Waals surface area contributed by atoms with Crippen LogP contribution in [-0.4, -0.2) is 58.2 Å². The molecule has 38 heavy (non-hydrogen) atoms. The Kier molecular flexibility index (Phi) is 10.9. The summed E-state index contributed by atoms with van der Waals surface area (Å²) in [6, 6.07) is 7.17. The molecule has 2 aromatic rings. The van der Waals surface area contributed by atoms with E-state index < -0.39 is 17.7 Å². The number of carbonyl (C=O) groups excluding carboxylic acids is 3. The average Bonchev–Trinajstić information content (AvgIpc) is 3.29. The minimum atomic E-state index is -0.718. The SMILES string of the molecule is CC(C)CC(C(=O)NC(=O)[C@@H]1CCCC[C@@H]1NC(=O)c1cccc(CN(C)C)c1)c1nnc(SC(C)C)o1. The van der Waals surface area contributed by atoms with E-state index in [2.05, 4.69) is 20.8 Å². The Hall–Kier alpha value is -2.72. The molecule has 3 amide bonds. The molecule has 2 N–H and O–H groups in total. The second kappa shape index (κ2) is 13.9. The van der Waals surface area contributed by atoms with Gasteiger partial charge in [0, 0.05) is 23.4 Å². The summed E-state index contributed by atoms with van der Waals surface area (Å²) in [6.45, 7) is 8.77. The molecule has 1 unspecified atom stereocenters. The topological polar surface area (TPSA) is 117 Å². The quantitative estimate of drug-likeness (QED) is 0.401. The van der Waals surface area contributed by atoms with E-state index in [1.54, 1.807) is 6.07 Å². The van der Waals surface area contributed by atoms with Gasteiger partial charge in [0.15, 0.2) is 0 Å². The first kappa shape index (κ1) is 29.8. The lowest BCUT2D eigenvalue weighted by atomic mass is 9.83. The molecular weight excluding hydrogens is 502 g/mol. The van der Waals surface area contributed by atoms with E-state index in [0.717, 1.165) is 24.9 Å². The summed E-state index contributed by atoms with van der Waals surface area (Å²) in [5.74, 6) is -1.83. The van der Waals surface area contributed by atoms with Crippen molar-refractivity contribution in [3.63, 3.8) is 0 Å². The second-order valence-corrected chi connectivity index (χ2v) is 12.5. The molecule has 0 saturated heterocycles. The van der Waals surface area contributed by atoms with E-state index in [9.17, 15) is 14.4 Å². The van der Waals surface area contributed by atoms with Crippen LogP contribution in [0.4, 0.5) is 0 Å². The van der Waals surface area contributed by atoms with Crippen LogP contribution in [0.5, 0.6) is 0 Å². The van der Waals surface area contributed by atoms with E-state index >= 15 is 0 Å². The number of hydrogen-bond donors (Lipinski definition) is 2. The first-order valence-electron chi connectivity index (χ1n) is 13.4. The van der Waals surface area contributed by atoms with E-state index in [1.807, 2.05) is 64.9 Å². The lowest BCUT2D eigenvalue weighted by Crippen LogP contribution is -2.50. The van der Waals surface area contributed by atoms with Gasteiger partial charge in [-0.3, -0.25) is 19.7 Å². The summed E-state index contributed by atoms with van der Waals surface area (Å²) in [5, 5.41) is 14.5. The Morgan fingerprint density at radius 2 is 1.84 bits per heavy atom. The van der Waals surface area contributed by atoms with Crippen LogP contribution in [0.3, 0.4) is 0 Å². The highest BCUT2D eigenvalue weighted by Crippen LogP contribution is 2.29. The molecule has 1 saturated carbocycles. The first-order chi connectivity index (χ1) is 18.0. The average molecular weight is 544 g/mol. The van der Waals surface area contributed by atoms with Crippen LogP contribution < -0.4 is 10.6 Å². The molecule has 0 aliphatic heterocycles. The van der Waals surface area contributed by atoms with Crippen molar-refractivity contribution in [1.82, 2.24) is 25.7 Å². The van der Waals surface area contributed by atoms with Gasteiger partial charge in [-0.05, 0) is 57.0 Å². The molecule has 1 aliphatic carbocycles.